The first-order valence-corrected chi connectivity index (χ1v) is 14.0. The number of para-hydroxylation sites is 1. The van der Waals surface area contributed by atoms with Crippen LogP contribution >= 0.6 is 46.5 Å². The first kappa shape index (κ1) is 25.5. The lowest BCUT2D eigenvalue weighted by Gasteiger charge is -2.11. The number of benzene rings is 2. The fourth-order valence-corrected chi connectivity index (χ4v) is 5.85. The van der Waals surface area contributed by atoms with Crippen LogP contribution in [0.3, 0.4) is 0 Å². The maximum absolute atomic E-state index is 12.6. The van der Waals surface area contributed by atoms with Gasteiger partial charge in [-0.1, -0.05) is 78.5 Å². The van der Waals surface area contributed by atoms with Crippen molar-refractivity contribution in [2.75, 3.05) is 16.4 Å². The molecule has 35 heavy (non-hydrogen) atoms. The summed E-state index contributed by atoms with van der Waals surface area (Å²) in [6.45, 7) is 4.73. The first-order chi connectivity index (χ1) is 17.0. The highest BCUT2D eigenvalue weighted by atomic mass is 35.5. The maximum Gasteiger partial charge on any atom is 0.236 e. The number of carbonyl (C=O) groups excluding carboxylic acids is 1. The van der Waals surface area contributed by atoms with Gasteiger partial charge in [-0.25, -0.2) is 0 Å². The van der Waals surface area contributed by atoms with Crippen LogP contribution in [0.4, 0.5) is 10.8 Å². The van der Waals surface area contributed by atoms with E-state index >= 15 is 0 Å². The molecule has 1 atom stereocenters. The summed E-state index contributed by atoms with van der Waals surface area (Å²) in [4.78, 5) is 12.6. The van der Waals surface area contributed by atoms with Crippen molar-refractivity contribution in [1.29, 1.82) is 0 Å². The van der Waals surface area contributed by atoms with Gasteiger partial charge < -0.3 is 5.32 Å². The number of amides is 1. The van der Waals surface area contributed by atoms with Gasteiger partial charge in [0, 0.05) is 21.6 Å². The number of halogens is 1. The molecule has 0 aliphatic heterocycles. The van der Waals surface area contributed by atoms with Gasteiger partial charge in [0.15, 0.2) is 15.3 Å². The van der Waals surface area contributed by atoms with Gasteiger partial charge >= 0.3 is 0 Å². The molecule has 2 heterocycles. The Kier molecular flexibility index (Phi) is 9.02. The molecule has 2 N–H and O–H groups in total. The zero-order valence-corrected chi connectivity index (χ0v) is 22.3. The lowest BCUT2D eigenvalue weighted by atomic mass is 10.3. The smallest absolute Gasteiger partial charge is 0.236 e. The molecule has 2 aromatic heterocycles. The number of nitrogens with one attached hydrogen (secondary N) is 2. The second kappa shape index (κ2) is 12.4. The van der Waals surface area contributed by atoms with Crippen LogP contribution in [-0.2, 0) is 11.3 Å². The van der Waals surface area contributed by atoms with Crippen molar-refractivity contribution in [3.63, 3.8) is 0 Å². The van der Waals surface area contributed by atoms with Crippen LogP contribution in [-0.4, -0.2) is 41.9 Å². The van der Waals surface area contributed by atoms with Crippen LogP contribution in [0.2, 0.25) is 5.02 Å². The minimum Gasteiger partial charge on any atom is -0.378 e. The second-order valence-electron chi connectivity index (χ2n) is 7.48. The molecule has 12 heteroatoms. The molecule has 1 amide bonds. The lowest BCUT2D eigenvalue weighted by molar-refractivity contribution is -0.113. The Labute approximate surface area is 221 Å². The van der Waals surface area contributed by atoms with Crippen molar-refractivity contribution in [2.45, 2.75) is 41.6 Å². The summed E-state index contributed by atoms with van der Waals surface area (Å²) in [5, 5.41) is 25.4. The van der Waals surface area contributed by atoms with Crippen LogP contribution in [0.5, 0.6) is 0 Å². The summed E-state index contributed by atoms with van der Waals surface area (Å²) in [6.07, 6.45) is 1.04. The highest BCUT2D eigenvalue weighted by Crippen LogP contribution is 2.30. The third-order valence-electron chi connectivity index (χ3n) is 4.87. The Balaban J connectivity index is 1.42. The molecule has 0 aliphatic rings. The van der Waals surface area contributed by atoms with Gasteiger partial charge in [0.1, 0.15) is 0 Å². The number of nitrogens with zero attached hydrogens (tertiary/aromatic N) is 5. The molecule has 8 nitrogen and oxygen atoms in total. The van der Waals surface area contributed by atoms with Gasteiger partial charge in [-0.15, -0.1) is 20.4 Å². The molecule has 0 saturated carbocycles. The lowest BCUT2D eigenvalue weighted by Crippen LogP contribution is -2.14. The minimum atomic E-state index is -0.172. The minimum absolute atomic E-state index is 0.170. The number of hydrogen-bond donors (Lipinski definition) is 2. The van der Waals surface area contributed by atoms with Crippen LogP contribution in [0.1, 0.15) is 26.1 Å². The normalized spacial score (nSPS) is 11.9. The van der Waals surface area contributed by atoms with E-state index < -0.39 is 0 Å². The van der Waals surface area contributed by atoms with E-state index in [-0.39, 0.29) is 11.7 Å². The van der Waals surface area contributed by atoms with Crippen molar-refractivity contribution >= 4 is 63.2 Å². The molecule has 0 saturated heterocycles. The van der Waals surface area contributed by atoms with E-state index in [1.807, 2.05) is 59.2 Å². The fourth-order valence-electron chi connectivity index (χ4n) is 2.94. The molecule has 0 radical (unpaired) electrons. The van der Waals surface area contributed by atoms with E-state index in [4.69, 9.17) is 11.6 Å². The molecular weight excluding hydrogens is 522 g/mol. The molecule has 4 rings (SSSR count). The Morgan fingerprint density at radius 2 is 1.86 bits per heavy atom. The largest absolute Gasteiger partial charge is 0.378 e. The highest BCUT2D eigenvalue weighted by Gasteiger charge is 2.17. The summed E-state index contributed by atoms with van der Waals surface area (Å²) < 4.78 is 2.80. The van der Waals surface area contributed by atoms with Gasteiger partial charge in [0.25, 0.3) is 0 Å². The molecule has 0 aliphatic carbocycles. The Morgan fingerprint density at radius 1 is 1.09 bits per heavy atom. The molecule has 4 aromatic rings. The van der Waals surface area contributed by atoms with Crippen molar-refractivity contribution in [3.8, 4) is 5.69 Å². The standard InChI is InChI=1S/C23H24ClN7OS3/c1-3-15(2)34-23-30-28-21(35-23)26-20(32)14-33-22-29-27-19(31(22)18-7-5-4-6-8-18)13-25-17-11-9-16(24)10-12-17/h4-12,15,25H,3,13-14H2,1-2H3,(H,26,28,32). The summed E-state index contributed by atoms with van der Waals surface area (Å²) in [7, 11) is 0. The van der Waals surface area contributed by atoms with Crippen LogP contribution in [0.15, 0.2) is 64.1 Å². The number of thioether (sulfide) groups is 2. The van der Waals surface area contributed by atoms with Gasteiger partial charge in [-0.2, -0.15) is 0 Å². The number of hydrogen-bond acceptors (Lipinski definition) is 9. The van der Waals surface area contributed by atoms with Crippen LogP contribution in [0, 0.1) is 0 Å². The van der Waals surface area contributed by atoms with Crippen molar-refractivity contribution < 1.29 is 4.79 Å². The predicted molar refractivity (Wildman–Crippen MR) is 145 cm³/mol. The zero-order valence-electron chi connectivity index (χ0n) is 19.1. The van der Waals surface area contributed by atoms with Gasteiger partial charge in [0.2, 0.25) is 11.0 Å². The summed E-state index contributed by atoms with van der Waals surface area (Å²) >= 11 is 10.3. The fraction of sp³-hybridized carbons (Fsp3) is 0.261. The van der Waals surface area contributed by atoms with Crippen LogP contribution < -0.4 is 10.6 Å². The first-order valence-electron chi connectivity index (χ1n) is 10.9. The topological polar surface area (TPSA) is 97.6 Å². The average Bonchev–Trinajstić information content (AvgIpc) is 3.49. The predicted octanol–water partition coefficient (Wildman–Crippen LogP) is 6.01. The summed E-state index contributed by atoms with van der Waals surface area (Å²) in [5.74, 6) is 0.725. The third kappa shape index (κ3) is 7.20. The Bertz CT molecular complexity index is 1250. The molecule has 2 aromatic carbocycles. The number of anilines is 2. The Morgan fingerprint density at radius 3 is 2.60 bits per heavy atom. The van der Waals surface area contributed by atoms with Gasteiger partial charge in [-0.3, -0.25) is 14.7 Å². The van der Waals surface area contributed by atoms with E-state index in [9.17, 15) is 4.79 Å². The second-order valence-corrected chi connectivity index (χ2v) is 11.5. The molecule has 0 spiro atoms. The Hall–Kier alpha value is -2.60. The van der Waals surface area contributed by atoms with Gasteiger partial charge in [0.05, 0.1) is 12.3 Å². The molecular formula is C23H24ClN7OS3. The molecule has 0 bridgehead atoms. The summed E-state index contributed by atoms with van der Waals surface area (Å²) in [5.41, 5.74) is 1.85. The number of rotatable bonds is 11. The number of carbonyl (C=O) groups is 1. The van der Waals surface area contributed by atoms with E-state index in [0.717, 1.165) is 28.0 Å². The SMILES string of the molecule is CCC(C)Sc1nnc(NC(=O)CSc2nnc(CNc3ccc(Cl)cc3)n2-c2ccccc2)s1. The van der Waals surface area contributed by atoms with E-state index in [1.54, 1.807) is 11.8 Å². The van der Waals surface area contributed by atoms with E-state index in [1.165, 1.54) is 23.1 Å². The monoisotopic (exact) mass is 545 g/mol. The maximum atomic E-state index is 12.6. The average molecular weight is 546 g/mol. The van der Waals surface area contributed by atoms with E-state index in [2.05, 4.69) is 44.9 Å². The van der Waals surface area contributed by atoms with E-state index in [0.29, 0.717) is 27.1 Å². The molecule has 182 valence electrons. The summed E-state index contributed by atoms with van der Waals surface area (Å²) in [6, 6.07) is 17.3. The third-order valence-corrected chi connectivity index (χ3v) is 8.24. The quantitative estimate of drug-likeness (QED) is 0.175. The molecule has 0 fully saturated rings. The van der Waals surface area contributed by atoms with Crippen molar-refractivity contribution in [3.05, 3.63) is 65.4 Å². The zero-order chi connectivity index (χ0) is 24.6. The highest BCUT2D eigenvalue weighted by molar-refractivity contribution is 8.01. The van der Waals surface area contributed by atoms with Gasteiger partial charge in [-0.05, 0) is 42.8 Å². The van der Waals surface area contributed by atoms with Crippen molar-refractivity contribution in [2.24, 2.45) is 0 Å². The van der Waals surface area contributed by atoms with Crippen molar-refractivity contribution in [1.82, 2.24) is 25.0 Å². The molecule has 1 unspecified atom stereocenters. The van der Waals surface area contributed by atoms with Crippen LogP contribution in [0.25, 0.3) is 5.69 Å². The number of aromatic nitrogens is 5.